The molecule has 5 nitrogen and oxygen atoms in total. The third-order valence-electron chi connectivity index (χ3n) is 1.97. The first-order chi connectivity index (χ1) is 7.56. The molecule has 0 aliphatic rings. The molecule has 0 unspecified atom stereocenters. The minimum Gasteiger partial charge on any atom is -0.368 e. The minimum absolute atomic E-state index is 0.274. The monoisotopic (exact) mass is 349 g/mol. The summed E-state index contributed by atoms with van der Waals surface area (Å²) < 4.78 is 1.04. The van der Waals surface area contributed by atoms with Gasteiger partial charge in [-0.15, -0.1) is 5.10 Å². The van der Waals surface area contributed by atoms with E-state index in [1.165, 1.54) is 0 Å². The molecule has 0 amide bonds. The number of benzene rings is 1. The Labute approximate surface area is 111 Å². The van der Waals surface area contributed by atoms with Crippen molar-refractivity contribution in [2.24, 2.45) is 0 Å². The SMILES string of the molecule is Cc1cc(Nc2n[nH]c(N)n2)cc(Cl)c1I. The molecule has 2 rings (SSSR count). The molecule has 0 spiro atoms. The number of nitrogen functional groups attached to an aromatic ring is 1. The van der Waals surface area contributed by atoms with E-state index in [-0.39, 0.29) is 5.95 Å². The van der Waals surface area contributed by atoms with Gasteiger partial charge >= 0.3 is 0 Å². The average Bonchev–Trinajstić information content (AvgIpc) is 2.60. The van der Waals surface area contributed by atoms with Gasteiger partial charge in [-0.3, -0.25) is 0 Å². The Balaban J connectivity index is 2.28. The van der Waals surface area contributed by atoms with Gasteiger partial charge < -0.3 is 11.1 Å². The van der Waals surface area contributed by atoms with E-state index in [0.29, 0.717) is 11.0 Å². The van der Waals surface area contributed by atoms with Crippen molar-refractivity contribution < 1.29 is 0 Å². The molecule has 0 bridgehead atoms. The molecule has 0 saturated heterocycles. The summed E-state index contributed by atoms with van der Waals surface area (Å²) in [6, 6.07) is 3.79. The number of aryl methyl sites for hydroxylation is 1. The van der Waals surface area contributed by atoms with E-state index in [2.05, 4.69) is 43.1 Å². The molecule has 1 heterocycles. The standard InChI is InChI=1S/C9H9ClIN5/c1-4-2-5(3-6(10)7(4)11)13-9-14-8(12)15-16-9/h2-3H,1H3,(H4,12,13,14,15,16). The first-order valence-electron chi connectivity index (χ1n) is 4.47. The van der Waals surface area contributed by atoms with Crippen LogP contribution in [-0.2, 0) is 0 Å². The fourth-order valence-corrected chi connectivity index (χ4v) is 1.84. The van der Waals surface area contributed by atoms with Crippen molar-refractivity contribution in [1.82, 2.24) is 15.2 Å². The molecular weight excluding hydrogens is 340 g/mol. The van der Waals surface area contributed by atoms with E-state index in [1.807, 2.05) is 19.1 Å². The highest BCUT2D eigenvalue weighted by molar-refractivity contribution is 14.1. The highest BCUT2D eigenvalue weighted by Gasteiger charge is 2.06. The quantitative estimate of drug-likeness (QED) is 0.728. The van der Waals surface area contributed by atoms with Crippen molar-refractivity contribution in [3.63, 3.8) is 0 Å². The molecule has 0 saturated carbocycles. The van der Waals surface area contributed by atoms with Gasteiger partial charge in [0.2, 0.25) is 11.9 Å². The van der Waals surface area contributed by atoms with Crippen LogP contribution in [-0.4, -0.2) is 15.2 Å². The van der Waals surface area contributed by atoms with Crippen molar-refractivity contribution in [2.75, 3.05) is 11.1 Å². The number of nitrogens with two attached hydrogens (primary N) is 1. The number of aromatic amines is 1. The van der Waals surface area contributed by atoms with Crippen molar-refractivity contribution >= 4 is 51.8 Å². The summed E-state index contributed by atoms with van der Waals surface area (Å²) in [5.41, 5.74) is 7.35. The zero-order valence-electron chi connectivity index (χ0n) is 8.38. The molecule has 1 aromatic carbocycles. The minimum atomic E-state index is 0.274. The lowest BCUT2D eigenvalue weighted by Crippen LogP contribution is -1.95. The molecule has 16 heavy (non-hydrogen) atoms. The van der Waals surface area contributed by atoms with Crippen molar-refractivity contribution in [3.05, 3.63) is 26.3 Å². The number of H-pyrrole nitrogens is 1. The number of hydrogen-bond acceptors (Lipinski definition) is 4. The highest BCUT2D eigenvalue weighted by Crippen LogP contribution is 2.27. The first-order valence-corrected chi connectivity index (χ1v) is 5.92. The molecule has 1 aromatic heterocycles. The highest BCUT2D eigenvalue weighted by atomic mass is 127. The van der Waals surface area contributed by atoms with Crippen LogP contribution >= 0.6 is 34.2 Å². The number of nitrogens with one attached hydrogen (secondary N) is 2. The molecule has 2 aromatic rings. The second-order valence-corrected chi connectivity index (χ2v) is 4.74. The van der Waals surface area contributed by atoms with Gasteiger partial charge in [0.05, 0.1) is 5.02 Å². The van der Waals surface area contributed by atoms with Crippen LogP contribution in [0.4, 0.5) is 17.6 Å². The zero-order chi connectivity index (χ0) is 11.7. The number of hydrogen-bond donors (Lipinski definition) is 3. The Bertz CT molecular complexity index is 501. The summed E-state index contributed by atoms with van der Waals surface area (Å²) in [5, 5.41) is 10.1. The summed E-state index contributed by atoms with van der Waals surface area (Å²) in [6.45, 7) is 1.99. The Morgan fingerprint density at radius 2 is 2.25 bits per heavy atom. The normalized spacial score (nSPS) is 10.4. The van der Waals surface area contributed by atoms with Crippen LogP contribution in [0.2, 0.25) is 5.02 Å². The van der Waals surface area contributed by atoms with Gasteiger partial charge in [-0.05, 0) is 47.2 Å². The Hall–Kier alpha value is -1.02. The van der Waals surface area contributed by atoms with Crippen LogP contribution in [0.5, 0.6) is 0 Å². The predicted octanol–water partition coefficient (Wildman–Crippen LogP) is 2.70. The van der Waals surface area contributed by atoms with E-state index in [0.717, 1.165) is 14.8 Å². The maximum Gasteiger partial charge on any atom is 0.248 e. The van der Waals surface area contributed by atoms with E-state index >= 15 is 0 Å². The molecule has 0 atom stereocenters. The van der Waals surface area contributed by atoms with Crippen LogP contribution in [0.1, 0.15) is 5.56 Å². The number of halogens is 2. The maximum atomic E-state index is 6.07. The smallest absolute Gasteiger partial charge is 0.248 e. The third kappa shape index (κ3) is 2.38. The molecule has 84 valence electrons. The summed E-state index contributed by atoms with van der Waals surface area (Å²) in [6.07, 6.45) is 0. The number of anilines is 3. The third-order valence-corrected chi connectivity index (χ3v) is 4.02. The summed E-state index contributed by atoms with van der Waals surface area (Å²) in [5.74, 6) is 0.699. The molecule has 0 aliphatic carbocycles. The second kappa shape index (κ2) is 4.46. The van der Waals surface area contributed by atoms with Gasteiger partial charge in [0.1, 0.15) is 0 Å². The number of rotatable bonds is 2. The van der Waals surface area contributed by atoms with Crippen molar-refractivity contribution in [2.45, 2.75) is 6.92 Å². The lowest BCUT2D eigenvalue weighted by Gasteiger charge is -2.06. The van der Waals surface area contributed by atoms with Crippen LogP contribution in [0.3, 0.4) is 0 Å². The average molecular weight is 350 g/mol. The van der Waals surface area contributed by atoms with E-state index < -0.39 is 0 Å². The van der Waals surface area contributed by atoms with Crippen LogP contribution in [0.25, 0.3) is 0 Å². The second-order valence-electron chi connectivity index (χ2n) is 3.26. The van der Waals surface area contributed by atoms with Crippen molar-refractivity contribution in [1.29, 1.82) is 0 Å². The van der Waals surface area contributed by atoms with Crippen LogP contribution < -0.4 is 11.1 Å². The summed E-state index contributed by atoms with van der Waals surface area (Å²) >= 11 is 8.27. The Morgan fingerprint density at radius 3 is 2.81 bits per heavy atom. The van der Waals surface area contributed by atoms with Gasteiger partial charge in [0.15, 0.2) is 0 Å². The van der Waals surface area contributed by atoms with E-state index in [4.69, 9.17) is 17.3 Å². The summed E-state index contributed by atoms with van der Waals surface area (Å²) in [7, 11) is 0. The lowest BCUT2D eigenvalue weighted by molar-refractivity contribution is 1.10. The van der Waals surface area contributed by atoms with E-state index in [1.54, 1.807) is 0 Å². The van der Waals surface area contributed by atoms with Crippen molar-refractivity contribution in [3.8, 4) is 0 Å². The lowest BCUT2D eigenvalue weighted by atomic mass is 10.2. The molecule has 0 fully saturated rings. The van der Waals surface area contributed by atoms with Crippen LogP contribution in [0.15, 0.2) is 12.1 Å². The van der Waals surface area contributed by atoms with Gasteiger partial charge in [-0.2, -0.15) is 4.98 Å². The van der Waals surface area contributed by atoms with Gasteiger partial charge in [-0.25, -0.2) is 5.10 Å². The van der Waals surface area contributed by atoms with Crippen LogP contribution in [0, 0.1) is 10.5 Å². The topological polar surface area (TPSA) is 79.6 Å². The zero-order valence-corrected chi connectivity index (χ0v) is 11.3. The fraction of sp³-hybridized carbons (Fsp3) is 0.111. The fourth-order valence-electron chi connectivity index (χ4n) is 1.26. The van der Waals surface area contributed by atoms with Gasteiger partial charge in [0, 0.05) is 9.26 Å². The number of nitrogens with zero attached hydrogens (tertiary/aromatic N) is 2. The summed E-state index contributed by atoms with van der Waals surface area (Å²) in [4.78, 5) is 3.94. The number of aromatic nitrogens is 3. The molecule has 0 aliphatic heterocycles. The maximum absolute atomic E-state index is 6.07. The molecule has 7 heteroatoms. The predicted molar refractivity (Wildman–Crippen MR) is 73.0 cm³/mol. The largest absolute Gasteiger partial charge is 0.368 e. The Kier molecular flexibility index (Phi) is 3.20. The Morgan fingerprint density at radius 1 is 1.50 bits per heavy atom. The first kappa shape index (κ1) is 11.5. The molecule has 0 radical (unpaired) electrons. The van der Waals surface area contributed by atoms with Gasteiger partial charge in [-0.1, -0.05) is 11.6 Å². The van der Waals surface area contributed by atoms with E-state index in [9.17, 15) is 0 Å². The molecule has 4 N–H and O–H groups in total. The van der Waals surface area contributed by atoms with Gasteiger partial charge in [0.25, 0.3) is 0 Å². The molecular formula is C9H9ClIN5.